The first kappa shape index (κ1) is 34.0. The highest BCUT2D eigenvalue weighted by atomic mass is 16.6. The highest BCUT2D eigenvalue weighted by Crippen LogP contribution is 2.25. The Bertz CT molecular complexity index is 1440. The van der Waals surface area contributed by atoms with Gasteiger partial charge in [-0.1, -0.05) is 84.9 Å². The number of carbonyl (C=O) groups excluding carboxylic acids is 3. The first-order valence-electron chi connectivity index (χ1n) is 15.7. The van der Waals surface area contributed by atoms with Crippen LogP contribution in [0.3, 0.4) is 0 Å². The number of fused-ring (bicyclic) bond motifs is 1. The van der Waals surface area contributed by atoms with E-state index in [1.54, 1.807) is 20.8 Å². The molecule has 1 heterocycles. The van der Waals surface area contributed by atoms with Crippen LogP contribution in [0.15, 0.2) is 84.9 Å². The van der Waals surface area contributed by atoms with Crippen molar-refractivity contribution in [2.45, 2.75) is 76.6 Å². The molecule has 0 fully saturated rings. The van der Waals surface area contributed by atoms with Crippen LogP contribution in [0.25, 0.3) is 0 Å². The molecule has 1 aliphatic rings. The van der Waals surface area contributed by atoms with Crippen molar-refractivity contribution >= 4 is 24.0 Å². The number of carbonyl (C=O) groups is 4. The van der Waals surface area contributed by atoms with Crippen molar-refractivity contribution in [2.75, 3.05) is 13.1 Å². The number of amides is 4. The van der Waals surface area contributed by atoms with Crippen LogP contribution in [0.5, 0.6) is 0 Å². The van der Waals surface area contributed by atoms with E-state index in [0.717, 1.165) is 27.2 Å². The van der Waals surface area contributed by atoms with Gasteiger partial charge in [0.1, 0.15) is 17.7 Å². The molecular weight excluding hydrogens is 584 g/mol. The summed E-state index contributed by atoms with van der Waals surface area (Å²) in [5.41, 5.74) is 3.23. The third-order valence-corrected chi connectivity index (χ3v) is 7.90. The molecule has 0 unspecified atom stereocenters. The predicted octanol–water partition coefficient (Wildman–Crippen LogP) is 5.22. The number of nitrogens with one attached hydrogen (secondary N) is 3. The summed E-state index contributed by atoms with van der Waals surface area (Å²) >= 11 is 0. The van der Waals surface area contributed by atoms with Crippen LogP contribution in [0.1, 0.15) is 68.2 Å². The van der Waals surface area contributed by atoms with Crippen molar-refractivity contribution in [3.8, 4) is 0 Å². The van der Waals surface area contributed by atoms with Crippen LogP contribution in [0.4, 0.5) is 9.59 Å². The minimum Gasteiger partial charge on any atom is -0.465 e. The molecule has 0 saturated heterocycles. The number of rotatable bonds is 12. The van der Waals surface area contributed by atoms with E-state index in [2.05, 4.69) is 16.0 Å². The van der Waals surface area contributed by atoms with Gasteiger partial charge in [0.2, 0.25) is 11.8 Å². The number of ether oxygens (including phenoxy) is 1. The predicted molar refractivity (Wildman–Crippen MR) is 175 cm³/mol. The monoisotopic (exact) mass is 628 g/mol. The van der Waals surface area contributed by atoms with Gasteiger partial charge in [-0.3, -0.25) is 14.5 Å². The van der Waals surface area contributed by atoms with Crippen molar-refractivity contribution in [1.29, 1.82) is 0 Å². The molecule has 0 radical (unpaired) electrons. The Labute approximate surface area is 270 Å². The topological polar surface area (TPSA) is 137 Å². The van der Waals surface area contributed by atoms with Gasteiger partial charge in [-0.2, -0.15) is 0 Å². The Balaban J connectivity index is 1.46. The lowest BCUT2D eigenvalue weighted by Gasteiger charge is -2.34. The average Bonchev–Trinajstić information content (AvgIpc) is 3.03. The van der Waals surface area contributed by atoms with E-state index in [0.29, 0.717) is 32.4 Å². The number of hydrogen-bond acceptors (Lipinski definition) is 5. The smallest absolute Gasteiger partial charge is 0.408 e. The van der Waals surface area contributed by atoms with Crippen molar-refractivity contribution in [3.05, 3.63) is 107 Å². The van der Waals surface area contributed by atoms with Crippen LogP contribution < -0.4 is 16.0 Å². The molecule has 46 heavy (non-hydrogen) atoms. The Morgan fingerprint density at radius 1 is 0.848 bits per heavy atom. The van der Waals surface area contributed by atoms with E-state index < -0.39 is 35.8 Å². The summed E-state index contributed by atoms with van der Waals surface area (Å²) in [7, 11) is 0. The standard InChI is InChI=1S/C36H44N4O6/c1-36(2,3)46-34(43)37-21-13-12-20-30(39-33(42)31-22-27-18-10-11-19-28(27)24-40(31)35(44)45)32(41)38-23-29(25-14-6-4-7-15-25)26-16-8-5-9-17-26/h4-11,14-19,29-31H,12-13,20-24H2,1-3H3,(H,37,43)(H,38,41)(H,39,42)(H,44,45)/t30-,31-/m0/s1. The number of alkyl carbamates (subject to hydrolysis) is 1. The van der Waals surface area contributed by atoms with E-state index in [9.17, 15) is 24.3 Å². The number of carboxylic acid groups (broad SMARTS) is 1. The average molecular weight is 629 g/mol. The first-order valence-corrected chi connectivity index (χ1v) is 15.7. The van der Waals surface area contributed by atoms with E-state index in [4.69, 9.17) is 4.74 Å². The molecule has 4 N–H and O–H groups in total. The lowest BCUT2D eigenvalue weighted by atomic mass is 9.91. The minimum absolute atomic E-state index is 0.0899. The molecular formula is C36H44N4O6. The molecule has 0 saturated carbocycles. The lowest BCUT2D eigenvalue weighted by Crippen LogP contribution is -2.56. The van der Waals surface area contributed by atoms with E-state index in [-0.39, 0.29) is 24.8 Å². The Morgan fingerprint density at radius 3 is 2.02 bits per heavy atom. The van der Waals surface area contributed by atoms with Crippen LogP contribution in [-0.4, -0.2) is 64.8 Å². The van der Waals surface area contributed by atoms with Gasteiger partial charge in [-0.25, -0.2) is 9.59 Å². The number of benzene rings is 3. The molecule has 244 valence electrons. The van der Waals surface area contributed by atoms with Crippen LogP contribution in [-0.2, 0) is 27.3 Å². The fourth-order valence-corrected chi connectivity index (χ4v) is 5.60. The van der Waals surface area contributed by atoms with Gasteiger partial charge in [0.05, 0.1) is 6.54 Å². The van der Waals surface area contributed by atoms with E-state index >= 15 is 0 Å². The molecule has 1 aliphatic heterocycles. The number of hydrogen-bond donors (Lipinski definition) is 4. The molecule has 0 aliphatic carbocycles. The highest BCUT2D eigenvalue weighted by molar-refractivity contribution is 5.91. The molecule has 0 spiro atoms. The van der Waals surface area contributed by atoms with Gasteiger partial charge in [0.15, 0.2) is 0 Å². The Morgan fingerprint density at radius 2 is 1.43 bits per heavy atom. The van der Waals surface area contributed by atoms with Gasteiger partial charge >= 0.3 is 12.2 Å². The second kappa shape index (κ2) is 15.9. The van der Waals surface area contributed by atoms with Crippen LogP contribution >= 0.6 is 0 Å². The highest BCUT2D eigenvalue weighted by Gasteiger charge is 2.36. The van der Waals surface area contributed by atoms with Crippen molar-refractivity contribution < 1.29 is 29.0 Å². The van der Waals surface area contributed by atoms with Crippen molar-refractivity contribution in [3.63, 3.8) is 0 Å². The molecule has 10 nitrogen and oxygen atoms in total. The summed E-state index contributed by atoms with van der Waals surface area (Å²) < 4.78 is 5.28. The Hall–Kier alpha value is -4.86. The van der Waals surface area contributed by atoms with E-state index in [1.807, 2.05) is 84.9 Å². The van der Waals surface area contributed by atoms with Crippen molar-refractivity contribution in [2.24, 2.45) is 0 Å². The van der Waals surface area contributed by atoms with Gasteiger partial charge < -0.3 is 25.8 Å². The molecule has 3 aromatic rings. The minimum atomic E-state index is -1.20. The molecule has 10 heteroatoms. The van der Waals surface area contributed by atoms with Gasteiger partial charge in [-0.15, -0.1) is 0 Å². The quantitative estimate of drug-likeness (QED) is 0.203. The number of unbranched alkanes of at least 4 members (excludes halogenated alkanes) is 1. The molecule has 2 atom stereocenters. The largest absolute Gasteiger partial charge is 0.465 e. The van der Waals surface area contributed by atoms with Gasteiger partial charge in [-0.05, 0) is 62.3 Å². The molecule has 3 aromatic carbocycles. The zero-order valence-electron chi connectivity index (χ0n) is 26.7. The number of nitrogens with zero attached hydrogens (tertiary/aromatic N) is 1. The second-order valence-electron chi connectivity index (χ2n) is 12.5. The summed E-state index contributed by atoms with van der Waals surface area (Å²) in [4.78, 5) is 52.7. The maximum absolute atomic E-state index is 13.7. The summed E-state index contributed by atoms with van der Waals surface area (Å²) in [6.07, 6.45) is -0.136. The maximum Gasteiger partial charge on any atom is 0.408 e. The van der Waals surface area contributed by atoms with Gasteiger partial charge in [0.25, 0.3) is 0 Å². The zero-order valence-corrected chi connectivity index (χ0v) is 26.7. The molecule has 0 bridgehead atoms. The van der Waals surface area contributed by atoms with Crippen LogP contribution in [0.2, 0.25) is 0 Å². The fraction of sp³-hybridized carbons (Fsp3) is 0.389. The van der Waals surface area contributed by atoms with Gasteiger partial charge in [0, 0.05) is 25.4 Å². The Kier molecular flexibility index (Phi) is 11.8. The summed E-state index contributed by atoms with van der Waals surface area (Å²) in [6, 6.07) is 25.3. The lowest BCUT2D eigenvalue weighted by molar-refractivity contribution is -0.132. The summed E-state index contributed by atoms with van der Waals surface area (Å²) in [5, 5.41) is 18.6. The SMILES string of the molecule is CC(C)(C)OC(=O)NCCCC[C@H](NC(=O)[C@@H]1Cc2ccccc2CN1C(=O)O)C(=O)NCC(c1ccccc1)c1ccccc1. The summed E-state index contributed by atoms with van der Waals surface area (Å²) in [5.74, 6) is -0.993. The third-order valence-electron chi connectivity index (χ3n) is 7.90. The maximum atomic E-state index is 13.7. The second-order valence-corrected chi connectivity index (χ2v) is 12.5. The molecule has 0 aromatic heterocycles. The van der Waals surface area contributed by atoms with Crippen LogP contribution in [0, 0.1) is 0 Å². The molecule has 4 amide bonds. The zero-order chi connectivity index (χ0) is 33.1. The summed E-state index contributed by atoms with van der Waals surface area (Å²) in [6.45, 7) is 6.09. The molecule has 4 rings (SSSR count). The van der Waals surface area contributed by atoms with E-state index in [1.165, 1.54) is 0 Å². The third kappa shape index (κ3) is 9.82. The fourth-order valence-electron chi connectivity index (χ4n) is 5.60. The first-order chi connectivity index (χ1) is 22.0. The normalized spacial score (nSPS) is 15.0. The van der Waals surface area contributed by atoms with Crippen molar-refractivity contribution in [1.82, 2.24) is 20.9 Å².